The van der Waals surface area contributed by atoms with Crippen LogP contribution >= 0.6 is 0 Å². The normalized spacial score (nSPS) is 17.4. The maximum absolute atomic E-state index is 11.2. The molecule has 5 nitrogen and oxygen atoms in total. The highest BCUT2D eigenvalue weighted by atomic mass is 32.2. The standard InChI is InChI=1S/C10H17N3O2S/c1-2-9-12-10(16(11,14)15)7-13(9)6-8-4-3-5-8/h7-8H,2-6H2,1H3,(H2,11,14,15). The third-order valence-electron chi connectivity index (χ3n) is 3.12. The molecule has 0 radical (unpaired) electrons. The summed E-state index contributed by atoms with van der Waals surface area (Å²) in [6.07, 6.45) is 6.02. The Labute approximate surface area is 95.7 Å². The summed E-state index contributed by atoms with van der Waals surface area (Å²) in [7, 11) is -3.67. The Morgan fingerprint density at radius 2 is 2.25 bits per heavy atom. The number of nitrogens with zero attached hydrogens (tertiary/aromatic N) is 2. The van der Waals surface area contributed by atoms with Crippen LogP contribution < -0.4 is 5.14 Å². The van der Waals surface area contributed by atoms with E-state index in [4.69, 9.17) is 5.14 Å². The van der Waals surface area contributed by atoms with Gasteiger partial charge in [0.05, 0.1) is 0 Å². The van der Waals surface area contributed by atoms with Crippen molar-refractivity contribution in [1.82, 2.24) is 9.55 Å². The molecule has 16 heavy (non-hydrogen) atoms. The van der Waals surface area contributed by atoms with Gasteiger partial charge in [-0.1, -0.05) is 13.3 Å². The number of sulfonamides is 1. The zero-order chi connectivity index (χ0) is 11.8. The first-order valence-electron chi connectivity index (χ1n) is 5.59. The molecule has 1 aromatic rings. The van der Waals surface area contributed by atoms with Crippen LogP contribution in [0.5, 0.6) is 0 Å². The van der Waals surface area contributed by atoms with Crippen molar-refractivity contribution in [3.8, 4) is 0 Å². The topological polar surface area (TPSA) is 78.0 Å². The van der Waals surface area contributed by atoms with E-state index in [0.717, 1.165) is 18.8 Å². The first-order valence-corrected chi connectivity index (χ1v) is 7.14. The molecule has 1 fully saturated rings. The van der Waals surface area contributed by atoms with Crippen LogP contribution in [0.1, 0.15) is 32.0 Å². The summed E-state index contributed by atoms with van der Waals surface area (Å²) >= 11 is 0. The van der Waals surface area contributed by atoms with E-state index in [9.17, 15) is 8.42 Å². The van der Waals surface area contributed by atoms with Crippen LogP contribution in [0.25, 0.3) is 0 Å². The molecule has 0 aromatic carbocycles. The molecule has 1 heterocycles. The molecule has 6 heteroatoms. The molecule has 1 aliphatic carbocycles. The van der Waals surface area contributed by atoms with Crippen molar-refractivity contribution in [2.45, 2.75) is 44.2 Å². The molecule has 1 aliphatic rings. The van der Waals surface area contributed by atoms with Gasteiger partial charge < -0.3 is 4.57 Å². The monoisotopic (exact) mass is 243 g/mol. The van der Waals surface area contributed by atoms with Crippen molar-refractivity contribution in [3.05, 3.63) is 12.0 Å². The summed E-state index contributed by atoms with van der Waals surface area (Å²) in [5.74, 6) is 1.48. The second-order valence-corrected chi connectivity index (χ2v) is 5.85. The number of rotatable bonds is 4. The highest BCUT2D eigenvalue weighted by molar-refractivity contribution is 7.89. The summed E-state index contributed by atoms with van der Waals surface area (Å²) in [6, 6.07) is 0. The van der Waals surface area contributed by atoms with Gasteiger partial charge in [-0.3, -0.25) is 0 Å². The molecule has 0 atom stereocenters. The average molecular weight is 243 g/mol. The van der Waals surface area contributed by atoms with Gasteiger partial charge >= 0.3 is 0 Å². The average Bonchev–Trinajstić information content (AvgIpc) is 2.53. The molecule has 0 spiro atoms. The molecule has 0 unspecified atom stereocenters. The quantitative estimate of drug-likeness (QED) is 0.853. The molecule has 2 rings (SSSR count). The van der Waals surface area contributed by atoms with Gasteiger partial charge in [-0.25, -0.2) is 18.5 Å². The van der Waals surface area contributed by atoms with Gasteiger partial charge in [0.15, 0.2) is 5.03 Å². The molecule has 2 N–H and O–H groups in total. The molecule has 1 aromatic heterocycles. The van der Waals surface area contributed by atoms with E-state index in [1.807, 2.05) is 11.5 Å². The zero-order valence-corrected chi connectivity index (χ0v) is 10.2. The molecule has 0 saturated heterocycles. The molecule has 90 valence electrons. The van der Waals surface area contributed by atoms with Crippen molar-refractivity contribution in [2.75, 3.05) is 0 Å². The first kappa shape index (κ1) is 11.6. The number of hydrogen-bond donors (Lipinski definition) is 1. The molecule has 0 aliphatic heterocycles. The SMILES string of the molecule is CCc1nc(S(N)(=O)=O)cn1CC1CCC1. The first-order chi connectivity index (χ1) is 7.50. The lowest BCUT2D eigenvalue weighted by molar-refractivity contribution is 0.274. The Morgan fingerprint density at radius 1 is 1.56 bits per heavy atom. The number of aromatic nitrogens is 2. The second-order valence-electron chi connectivity index (χ2n) is 4.34. The Morgan fingerprint density at radius 3 is 2.69 bits per heavy atom. The zero-order valence-electron chi connectivity index (χ0n) is 9.39. The number of hydrogen-bond acceptors (Lipinski definition) is 3. The van der Waals surface area contributed by atoms with Gasteiger partial charge in [0, 0.05) is 19.2 Å². The summed E-state index contributed by atoms with van der Waals surface area (Å²) < 4.78 is 24.3. The minimum atomic E-state index is -3.67. The van der Waals surface area contributed by atoms with Gasteiger partial charge in [-0.15, -0.1) is 0 Å². The Hall–Kier alpha value is -0.880. The lowest BCUT2D eigenvalue weighted by Crippen LogP contribution is -2.18. The minimum absolute atomic E-state index is 0.0105. The van der Waals surface area contributed by atoms with Crippen molar-refractivity contribution in [1.29, 1.82) is 0 Å². The maximum Gasteiger partial charge on any atom is 0.257 e. The smallest absolute Gasteiger partial charge is 0.257 e. The summed E-state index contributed by atoms with van der Waals surface area (Å²) in [6.45, 7) is 2.83. The molecule has 0 bridgehead atoms. The van der Waals surface area contributed by atoms with E-state index in [1.54, 1.807) is 6.20 Å². The fraction of sp³-hybridized carbons (Fsp3) is 0.700. The van der Waals surface area contributed by atoms with Gasteiger partial charge in [0.25, 0.3) is 10.0 Å². The fourth-order valence-corrected chi connectivity index (χ4v) is 2.47. The largest absolute Gasteiger partial charge is 0.333 e. The molecular formula is C10H17N3O2S. The van der Waals surface area contributed by atoms with E-state index in [1.165, 1.54) is 19.3 Å². The lowest BCUT2D eigenvalue weighted by atomic mass is 9.85. The highest BCUT2D eigenvalue weighted by Crippen LogP contribution is 2.28. The fourth-order valence-electron chi connectivity index (χ4n) is 1.96. The van der Waals surface area contributed by atoms with Crippen LogP contribution in [-0.4, -0.2) is 18.0 Å². The predicted molar refractivity (Wildman–Crippen MR) is 60.3 cm³/mol. The lowest BCUT2D eigenvalue weighted by Gasteiger charge is -2.26. The second kappa shape index (κ2) is 4.18. The summed E-state index contributed by atoms with van der Waals surface area (Å²) in [5, 5.41) is 5.06. The van der Waals surface area contributed by atoms with Crippen LogP contribution in [-0.2, 0) is 23.0 Å². The Bertz CT molecular complexity index is 474. The molecule has 0 amide bonds. The number of imidazole rings is 1. The van der Waals surface area contributed by atoms with Crippen LogP contribution in [0.2, 0.25) is 0 Å². The molecular weight excluding hydrogens is 226 g/mol. The Kier molecular flexibility index (Phi) is 3.03. The number of primary sulfonamides is 1. The maximum atomic E-state index is 11.2. The van der Waals surface area contributed by atoms with Crippen LogP contribution in [0, 0.1) is 5.92 Å². The van der Waals surface area contributed by atoms with Gasteiger partial charge in [0.1, 0.15) is 5.82 Å². The molecule has 1 saturated carbocycles. The van der Waals surface area contributed by atoms with Crippen molar-refractivity contribution >= 4 is 10.0 Å². The van der Waals surface area contributed by atoms with E-state index in [-0.39, 0.29) is 5.03 Å². The predicted octanol–water partition coefficient (Wildman–Crippen LogP) is 0.893. The van der Waals surface area contributed by atoms with Crippen molar-refractivity contribution in [3.63, 3.8) is 0 Å². The van der Waals surface area contributed by atoms with E-state index in [0.29, 0.717) is 5.92 Å². The van der Waals surface area contributed by atoms with Crippen LogP contribution in [0.4, 0.5) is 0 Å². The van der Waals surface area contributed by atoms with Gasteiger partial charge in [0.2, 0.25) is 0 Å². The van der Waals surface area contributed by atoms with E-state index >= 15 is 0 Å². The van der Waals surface area contributed by atoms with E-state index in [2.05, 4.69) is 4.98 Å². The highest BCUT2D eigenvalue weighted by Gasteiger charge is 2.21. The summed E-state index contributed by atoms with van der Waals surface area (Å²) in [4.78, 5) is 4.06. The minimum Gasteiger partial charge on any atom is -0.333 e. The third kappa shape index (κ3) is 2.27. The van der Waals surface area contributed by atoms with Crippen molar-refractivity contribution in [2.24, 2.45) is 11.1 Å². The Balaban J connectivity index is 2.25. The van der Waals surface area contributed by atoms with E-state index < -0.39 is 10.0 Å². The van der Waals surface area contributed by atoms with Crippen LogP contribution in [0.15, 0.2) is 11.2 Å². The number of nitrogens with two attached hydrogens (primary N) is 1. The van der Waals surface area contributed by atoms with Crippen LogP contribution in [0.3, 0.4) is 0 Å². The summed E-state index contributed by atoms with van der Waals surface area (Å²) in [5.41, 5.74) is 0. The van der Waals surface area contributed by atoms with Gasteiger partial charge in [-0.2, -0.15) is 0 Å². The van der Waals surface area contributed by atoms with Gasteiger partial charge in [-0.05, 0) is 18.8 Å². The van der Waals surface area contributed by atoms with Crippen molar-refractivity contribution < 1.29 is 8.42 Å². The third-order valence-corrected chi connectivity index (χ3v) is 3.90. The number of aryl methyl sites for hydroxylation is 1.